The largest absolute Gasteiger partial charge is 0.480 e. The van der Waals surface area contributed by atoms with Crippen molar-refractivity contribution >= 4 is 33.7 Å². The molecule has 0 heterocycles. The number of benzene rings is 3. The fourth-order valence-electron chi connectivity index (χ4n) is 4.42. The van der Waals surface area contributed by atoms with E-state index in [1.165, 1.54) is 24.3 Å². The van der Waals surface area contributed by atoms with Gasteiger partial charge in [-0.25, -0.2) is 13.2 Å². The average Bonchev–Trinajstić information content (AvgIpc) is 3.20. The molecule has 3 aromatic rings. The zero-order valence-electron chi connectivity index (χ0n) is 19.9. The second kappa shape index (κ2) is 11.8. The molecule has 37 heavy (non-hydrogen) atoms. The van der Waals surface area contributed by atoms with E-state index >= 15 is 0 Å². The SMILES string of the molecule is O=C(NCCCC[C@H](NS(=O)(=O)c1ccc(Cl)cc1)C(=O)O)OCC1c2ccccc2-c2ccccc21. The lowest BCUT2D eigenvalue weighted by Gasteiger charge is -2.16. The van der Waals surface area contributed by atoms with Gasteiger partial charge in [0.1, 0.15) is 12.6 Å². The summed E-state index contributed by atoms with van der Waals surface area (Å²) >= 11 is 5.78. The molecule has 1 aliphatic rings. The van der Waals surface area contributed by atoms with Gasteiger partial charge in [-0.2, -0.15) is 4.72 Å². The first-order valence-corrected chi connectivity index (χ1v) is 13.7. The van der Waals surface area contributed by atoms with Crippen molar-refractivity contribution in [3.8, 4) is 11.1 Å². The van der Waals surface area contributed by atoms with Gasteiger partial charge in [0.05, 0.1) is 4.90 Å². The molecule has 194 valence electrons. The number of hydrogen-bond acceptors (Lipinski definition) is 5. The first-order valence-electron chi connectivity index (χ1n) is 11.9. The van der Waals surface area contributed by atoms with E-state index in [1.54, 1.807) is 0 Å². The number of unbranched alkanes of at least 4 members (excludes halogenated alkanes) is 1. The summed E-state index contributed by atoms with van der Waals surface area (Å²) in [6.45, 7) is 0.473. The van der Waals surface area contributed by atoms with E-state index < -0.39 is 28.1 Å². The van der Waals surface area contributed by atoms with Gasteiger partial charge >= 0.3 is 12.1 Å². The predicted molar refractivity (Wildman–Crippen MR) is 140 cm³/mol. The highest BCUT2D eigenvalue weighted by Crippen LogP contribution is 2.44. The highest BCUT2D eigenvalue weighted by molar-refractivity contribution is 7.89. The monoisotopic (exact) mass is 542 g/mol. The highest BCUT2D eigenvalue weighted by Gasteiger charge is 2.29. The van der Waals surface area contributed by atoms with Crippen molar-refractivity contribution in [2.45, 2.75) is 36.1 Å². The van der Waals surface area contributed by atoms with Crippen LogP contribution in [0.3, 0.4) is 0 Å². The minimum absolute atomic E-state index is 0.0388. The van der Waals surface area contributed by atoms with Gasteiger partial charge in [-0.15, -0.1) is 0 Å². The molecule has 0 bridgehead atoms. The molecule has 10 heteroatoms. The number of rotatable bonds is 11. The molecule has 0 saturated carbocycles. The summed E-state index contributed by atoms with van der Waals surface area (Å²) in [5.41, 5.74) is 4.54. The maximum absolute atomic E-state index is 12.5. The van der Waals surface area contributed by atoms with E-state index in [2.05, 4.69) is 22.2 Å². The molecule has 0 aromatic heterocycles. The number of aliphatic carboxylic acids is 1. The Balaban J connectivity index is 1.22. The molecule has 0 spiro atoms. The van der Waals surface area contributed by atoms with E-state index in [0.717, 1.165) is 22.3 Å². The molecule has 0 unspecified atom stereocenters. The zero-order valence-corrected chi connectivity index (χ0v) is 21.5. The van der Waals surface area contributed by atoms with Crippen LogP contribution in [-0.4, -0.2) is 44.8 Å². The topological polar surface area (TPSA) is 122 Å². The summed E-state index contributed by atoms with van der Waals surface area (Å²) in [6.07, 6.45) is 0.342. The van der Waals surface area contributed by atoms with Crippen molar-refractivity contribution in [2.24, 2.45) is 0 Å². The summed E-state index contributed by atoms with van der Waals surface area (Å²) < 4.78 is 32.7. The van der Waals surface area contributed by atoms with Crippen molar-refractivity contribution < 1.29 is 27.9 Å². The lowest BCUT2D eigenvalue weighted by molar-refractivity contribution is -0.139. The molecule has 0 saturated heterocycles. The first kappa shape index (κ1) is 26.7. The third-order valence-corrected chi connectivity index (χ3v) is 7.99. The number of sulfonamides is 1. The van der Waals surface area contributed by atoms with Crippen molar-refractivity contribution in [3.63, 3.8) is 0 Å². The van der Waals surface area contributed by atoms with Crippen LogP contribution < -0.4 is 10.0 Å². The van der Waals surface area contributed by atoms with E-state index in [4.69, 9.17) is 16.3 Å². The van der Waals surface area contributed by atoms with Gasteiger partial charge in [0, 0.05) is 17.5 Å². The number of nitrogens with one attached hydrogen (secondary N) is 2. The molecule has 0 radical (unpaired) electrons. The van der Waals surface area contributed by atoms with Crippen LogP contribution in [0.15, 0.2) is 77.7 Å². The van der Waals surface area contributed by atoms with Crippen LogP contribution in [0, 0.1) is 0 Å². The number of carboxylic acids is 1. The van der Waals surface area contributed by atoms with Crippen LogP contribution >= 0.6 is 11.6 Å². The van der Waals surface area contributed by atoms with Gasteiger partial charge in [0.2, 0.25) is 10.0 Å². The normalized spacial score (nSPS) is 13.4. The molecule has 4 rings (SSSR count). The van der Waals surface area contributed by atoms with E-state index in [1.807, 2.05) is 36.4 Å². The first-order chi connectivity index (χ1) is 17.8. The molecule has 1 atom stereocenters. The Morgan fingerprint density at radius 2 is 1.51 bits per heavy atom. The molecular formula is C27H27ClN2O6S. The van der Waals surface area contributed by atoms with Gasteiger partial charge in [-0.1, -0.05) is 60.1 Å². The average molecular weight is 543 g/mol. The second-order valence-corrected chi connectivity index (χ2v) is 10.9. The van der Waals surface area contributed by atoms with Crippen molar-refractivity contribution in [2.75, 3.05) is 13.2 Å². The number of fused-ring (bicyclic) bond motifs is 3. The number of ether oxygens (including phenoxy) is 1. The minimum Gasteiger partial charge on any atom is -0.480 e. The lowest BCUT2D eigenvalue weighted by atomic mass is 9.98. The molecule has 3 aromatic carbocycles. The fourth-order valence-corrected chi connectivity index (χ4v) is 5.76. The number of carbonyl (C=O) groups excluding carboxylic acids is 1. The number of carboxylic acid groups (broad SMARTS) is 1. The van der Waals surface area contributed by atoms with Crippen LogP contribution in [0.1, 0.15) is 36.3 Å². The van der Waals surface area contributed by atoms with Gasteiger partial charge in [0.25, 0.3) is 0 Å². The van der Waals surface area contributed by atoms with Crippen molar-refractivity contribution in [1.82, 2.24) is 10.0 Å². The summed E-state index contributed by atoms with van der Waals surface area (Å²) in [4.78, 5) is 23.8. The molecule has 8 nitrogen and oxygen atoms in total. The smallest absolute Gasteiger partial charge is 0.407 e. The Labute approximate surface area is 220 Å². The van der Waals surface area contributed by atoms with Gasteiger partial charge in [0.15, 0.2) is 0 Å². The van der Waals surface area contributed by atoms with Crippen LogP contribution in [0.5, 0.6) is 0 Å². The molecule has 3 N–H and O–H groups in total. The number of halogens is 1. The zero-order chi connectivity index (χ0) is 26.4. The van der Waals surface area contributed by atoms with Gasteiger partial charge in [-0.05, 0) is 65.8 Å². The maximum atomic E-state index is 12.5. The third-order valence-electron chi connectivity index (χ3n) is 6.25. The number of amides is 1. The maximum Gasteiger partial charge on any atom is 0.407 e. The predicted octanol–water partition coefficient (Wildman–Crippen LogP) is 4.78. The Bertz CT molecular complexity index is 1330. The Hall–Kier alpha value is -3.40. The number of hydrogen-bond donors (Lipinski definition) is 3. The quantitative estimate of drug-likeness (QED) is 0.300. The molecule has 1 amide bonds. The Morgan fingerprint density at radius 1 is 0.919 bits per heavy atom. The Kier molecular flexibility index (Phi) is 8.48. The number of alkyl carbamates (subject to hydrolysis) is 1. The third kappa shape index (κ3) is 6.49. The summed E-state index contributed by atoms with van der Waals surface area (Å²) in [5, 5.41) is 12.5. The van der Waals surface area contributed by atoms with E-state index in [0.29, 0.717) is 17.9 Å². The van der Waals surface area contributed by atoms with Crippen LogP contribution in [0.2, 0.25) is 5.02 Å². The van der Waals surface area contributed by atoms with E-state index in [9.17, 15) is 23.1 Å². The molecule has 0 aliphatic heterocycles. The standard InChI is InChI=1S/C27H27ClN2O6S/c28-18-12-14-19(15-13-18)37(34,35)30-25(26(31)32)11-5-6-16-29-27(33)36-17-24-22-9-3-1-7-20(22)21-8-2-4-10-23(21)24/h1-4,7-10,12-15,24-25,30H,5-6,11,16-17H2,(H,29,33)(H,31,32)/t25-/m0/s1. The summed E-state index contributed by atoms with van der Waals surface area (Å²) in [7, 11) is -4.01. The lowest BCUT2D eigenvalue weighted by Crippen LogP contribution is -2.40. The summed E-state index contributed by atoms with van der Waals surface area (Å²) in [5.74, 6) is -1.31. The fraction of sp³-hybridized carbons (Fsp3) is 0.259. The molecular weight excluding hydrogens is 516 g/mol. The van der Waals surface area contributed by atoms with Gasteiger partial charge in [-0.3, -0.25) is 4.79 Å². The Morgan fingerprint density at radius 3 is 2.11 bits per heavy atom. The molecule has 0 fully saturated rings. The molecule has 1 aliphatic carbocycles. The van der Waals surface area contributed by atoms with Gasteiger partial charge < -0.3 is 15.2 Å². The minimum atomic E-state index is -4.01. The second-order valence-electron chi connectivity index (χ2n) is 8.71. The van der Waals surface area contributed by atoms with Crippen LogP contribution in [-0.2, 0) is 19.6 Å². The van der Waals surface area contributed by atoms with E-state index in [-0.39, 0.29) is 30.4 Å². The van der Waals surface area contributed by atoms with Crippen LogP contribution in [0.25, 0.3) is 11.1 Å². The highest BCUT2D eigenvalue weighted by atomic mass is 35.5. The van der Waals surface area contributed by atoms with Crippen molar-refractivity contribution in [1.29, 1.82) is 0 Å². The summed E-state index contributed by atoms with van der Waals surface area (Å²) in [6, 6.07) is 20.3. The number of carbonyl (C=O) groups is 2. The van der Waals surface area contributed by atoms with Crippen LogP contribution in [0.4, 0.5) is 4.79 Å². The van der Waals surface area contributed by atoms with Crippen molar-refractivity contribution in [3.05, 3.63) is 88.9 Å².